The number of nitrogens with zero attached hydrogens (tertiary/aromatic N) is 5. The Bertz CT molecular complexity index is 1040. The number of likely N-dealkylation sites (N-methyl/N-ethyl adjacent to an activating group) is 2. The summed E-state index contributed by atoms with van der Waals surface area (Å²) < 4.78 is 1.27. The van der Waals surface area contributed by atoms with E-state index in [9.17, 15) is 0 Å². The number of anilines is 1. The third-order valence-corrected chi connectivity index (χ3v) is 5.23. The molecule has 0 fully saturated rings. The van der Waals surface area contributed by atoms with Crippen molar-refractivity contribution in [1.29, 1.82) is 0 Å². The van der Waals surface area contributed by atoms with Crippen LogP contribution in [0.4, 0.5) is 5.69 Å². The minimum Gasteiger partial charge on any atom is -0.309 e. The Labute approximate surface area is 164 Å². The largest absolute Gasteiger partial charge is 0.309 e. The highest BCUT2D eigenvalue weighted by atomic mass is 35.5. The third-order valence-electron chi connectivity index (χ3n) is 5.07. The van der Waals surface area contributed by atoms with Crippen LogP contribution < -0.4 is 10.8 Å². The van der Waals surface area contributed by atoms with Crippen LogP contribution in [0.2, 0.25) is 0 Å². The van der Waals surface area contributed by atoms with Gasteiger partial charge in [0.25, 0.3) is 0 Å². The van der Waals surface area contributed by atoms with Crippen LogP contribution in [0.1, 0.15) is 11.3 Å². The van der Waals surface area contributed by atoms with Crippen molar-refractivity contribution in [2.45, 2.75) is 12.8 Å². The lowest BCUT2D eigenvalue weighted by atomic mass is 9.93. The summed E-state index contributed by atoms with van der Waals surface area (Å²) in [6, 6.07) is 6.52. The summed E-state index contributed by atoms with van der Waals surface area (Å²) in [7, 11) is 8.37. The number of hydrogen-bond donors (Lipinski definition) is 1. The van der Waals surface area contributed by atoms with Gasteiger partial charge >= 0.3 is 0 Å². The van der Waals surface area contributed by atoms with E-state index in [2.05, 4.69) is 66.7 Å². The number of fused-ring (bicyclic) bond motifs is 2. The maximum atomic E-state index is 6.15. The third kappa shape index (κ3) is 3.40. The summed E-state index contributed by atoms with van der Waals surface area (Å²) in [5.74, 6) is 0. The Morgan fingerprint density at radius 2 is 1.78 bits per heavy atom. The summed E-state index contributed by atoms with van der Waals surface area (Å²) in [5, 5.41) is 10.2. The molecule has 0 atom stereocenters. The lowest BCUT2D eigenvalue weighted by Crippen LogP contribution is -2.17. The van der Waals surface area contributed by atoms with E-state index in [0.29, 0.717) is 0 Å². The number of nitrogens with one attached hydrogen (secondary N) is 1. The highest BCUT2D eigenvalue weighted by Gasteiger charge is 2.20. The molecule has 0 aliphatic carbocycles. The van der Waals surface area contributed by atoms with Crippen LogP contribution in [0.25, 0.3) is 21.5 Å². The zero-order chi connectivity index (χ0) is 19.1. The first-order chi connectivity index (χ1) is 12.9. The maximum absolute atomic E-state index is 6.15. The van der Waals surface area contributed by atoms with Gasteiger partial charge in [0.05, 0.1) is 17.5 Å². The molecule has 4 rings (SSSR count). The van der Waals surface area contributed by atoms with Gasteiger partial charge in [-0.1, -0.05) is 12.1 Å². The maximum Gasteiger partial charge on any atom is 0.120 e. The second kappa shape index (κ2) is 7.11. The Hall–Kier alpha value is -2.15. The van der Waals surface area contributed by atoms with E-state index in [0.717, 1.165) is 48.1 Å². The minimum atomic E-state index is 0.903. The number of benzene rings is 2. The topological polar surface area (TPSA) is 47.0 Å². The van der Waals surface area contributed by atoms with Gasteiger partial charge in [-0.2, -0.15) is 0 Å². The summed E-state index contributed by atoms with van der Waals surface area (Å²) in [5.41, 5.74) is 6.48. The van der Waals surface area contributed by atoms with Gasteiger partial charge in [0.2, 0.25) is 0 Å². The predicted octanol–water partition coefficient (Wildman–Crippen LogP) is 2.65. The van der Waals surface area contributed by atoms with Gasteiger partial charge in [0.1, 0.15) is 5.36 Å². The highest BCUT2D eigenvalue weighted by Crippen LogP contribution is 2.32. The quantitative estimate of drug-likeness (QED) is 0.662. The molecule has 142 valence electrons. The molecule has 1 aliphatic rings. The molecule has 0 saturated carbocycles. The average molecular weight is 385 g/mol. The van der Waals surface area contributed by atoms with E-state index in [-0.39, 0.29) is 0 Å². The van der Waals surface area contributed by atoms with Gasteiger partial charge in [-0.15, -0.1) is 9.74 Å². The minimum absolute atomic E-state index is 0.903. The summed E-state index contributed by atoms with van der Waals surface area (Å²) >= 11 is 6.15. The smallest absolute Gasteiger partial charge is 0.120 e. The average Bonchev–Trinajstić information content (AvgIpc) is 2.99. The van der Waals surface area contributed by atoms with Crippen LogP contribution in [0.3, 0.4) is 0 Å². The lowest BCUT2D eigenvalue weighted by molar-refractivity contribution is 0.412. The zero-order valence-electron chi connectivity index (χ0n) is 16.3. The molecule has 0 saturated heterocycles. The molecule has 7 heteroatoms. The van der Waals surface area contributed by atoms with Gasteiger partial charge in [-0.3, -0.25) is 10.4 Å². The molecule has 2 aromatic carbocycles. The summed E-state index contributed by atoms with van der Waals surface area (Å²) in [6.45, 7) is 1.94. The number of hydrazine groups is 1. The lowest BCUT2D eigenvalue weighted by Gasteiger charge is -2.16. The molecule has 1 aromatic heterocycles. The first-order valence-electron chi connectivity index (χ1n) is 9.20. The molecular weight excluding hydrogens is 360 g/mol. The molecule has 0 bridgehead atoms. The molecule has 6 nitrogen and oxygen atoms in total. The number of aromatic nitrogens is 1. The first-order valence-corrected chi connectivity index (χ1v) is 9.54. The standard InChI is InChI=1S/C20H25ClN6/c1-25(2)9-7-13-5-6-14-12-22-16(8-10-26(3)4)15-11-17-20(19(13)18(14)15)24-27(21)23-17/h5-6,11-12,23H,7-10H2,1-4H3. The van der Waals surface area contributed by atoms with Crippen molar-refractivity contribution < 1.29 is 0 Å². The van der Waals surface area contributed by atoms with Crippen molar-refractivity contribution in [1.82, 2.24) is 19.4 Å². The fourth-order valence-electron chi connectivity index (χ4n) is 3.68. The van der Waals surface area contributed by atoms with Gasteiger partial charge in [-0.05, 0) is 46.2 Å². The molecule has 0 unspecified atom stereocenters. The second-order valence-electron chi connectivity index (χ2n) is 7.67. The van der Waals surface area contributed by atoms with E-state index >= 15 is 0 Å². The van der Waals surface area contributed by atoms with E-state index in [1.807, 2.05) is 6.20 Å². The number of rotatable bonds is 6. The van der Waals surface area contributed by atoms with Crippen molar-refractivity contribution in [2.75, 3.05) is 46.7 Å². The normalized spacial score (nSPS) is 13.7. The monoisotopic (exact) mass is 384 g/mol. The highest BCUT2D eigenvalue weighted by molar-refractivity contribution is 6.16. The van der Waals surface area contributed by atoms with Crippen LogP contribution in [0.15, 0.2) is 29.5 Å². The van der Waals surface area contributed by atoms with Gasteiger partial charge < -0.3 is 9.80 Å². The van der Waals surface area contributed by atoms with Crippen LogP contribution in [-0.2, 0) is 12.8 Å². The number of pyridine rings is 1. The Morgan fingerprint density at radius 1 is 1.04 bits per heavy atom. The number of halogens is 1. The van der Waals surface area contributed by atoms with Crippen molar-refractivity contribution in [3.05, 3.63) is 41.0 Å². The predicted molar refractivity (Wildman–Crippen MR) is 112 cm³/mol. The second-order valence-corrected chi connectivity index (χ2v) is 7.99. The molecule has 0 radical (unpaired) electrons. The summed E-state index contributed by atoms with van der Waals surface area (Å²) in [4.78, 5) is 9.16. The van der Waals surface area contributed by atoms with Crippen molar-refractivity contribution in [3.63, 3.8) is 0 Å². The molecule has 3 aromatic rings. The Balaban J connectivity index is 1.98. The van der Waals surface area contributed by atoms with Gasteiger partial charge in [0.15, 0.2) is 0 Å². The molecule has 0 amide bonds. The summed E-state index contributed by atoms with van der Waals surface area (Å²) in [6.07, 6.45) is 3.85. The molecule has 0 spiro atoms. The Morgan fingerprint density at radius 3 is 2.52 bits per heavy atom. The number of hydrogen-bond acceptors (Lipinski definition) is 6. The van der Waals surface area contributed by atoms with E-state index in [4.69, 9.17) is 16.8 Å². The van der Waals surface area contributed by atoms with Crippen LogP contribution in [0.5, 0.6) is 0 Å². The molecular formula is C20H25ClN6. The molecule has 2 heterocycles. The van der Waals surface area contributed by atoms with Crippen molar-refractivity contribution >= 4 is 39.0 Å². The van der Waals surface area contributed by atoms with E-state index in [1.54, 1.807) is 0 Å². The molecule has 27 heavy (non-hydrogen) atoms. The van der Waals surface area contributed by atoms with Crippen LogP contribution >= 0.6 is 11.8 Å². The van der Waals surface area contributed by atoms with Crippen molar-refractivity contribution in [3.8, 4) is 0 Å². The Kier molecular flexibility index (Phi) is 4.80. The molecule has 1 aliphatic heterocycles. The fraction of sp³-hybridized carbons (Fsp3) is 0.400. The first kappa shape index (κ1) is 18.2. The fourth-order valence-corrected chi connectivity index (χ4v) is 3.84. The van der Waals surface area contributed by atoms with Crippen LogP contribution in [-0.4, -0.2) is 60.7 Å². The SMILES string of the molecule is CN(C)CCc1ncc2ccc(CCN(C)C)c3c4c(cc1c23)NN(Cl)N=4. The van der Waals surface area contributed by atoms with E-state index in [1.165, 1.54) is 26.4 Å². The zero-order valence-corrected chi connectivity index (χ0v) is 17.0. The van der Waals surface area contributed by atoms with Crippen LogP contribution in [0, 0.1) is 0 Å². The van der Waals surface area contributed by atoms with Gasteiger partial charge in [-0.25, -0.2) is 0 Å². The van der Waals surface area contributed by atoms with Gasteiger partial charge in [0, 0.05) is 52.9 Å². The van der Waals surface area contributed by atoms with E-state index < -0.39 is 0 Å². The molecule has 1 N–H and O–H groups in total. The van der Waals surface area contributed by atoms with Crippen molar-refractivity contribution in [2.24, 2.45) is 5.10 Å².